The van der Waals surface area contributed by atoms with Gasteiger partial charge in [0.25, 0.3) is 0 Å². The SMILES string of the molecule is O=C(COC1CCCC1)NC(CC(F)F)C(=O)O. The molecule has 1 atom stereocenters. The number of rotatable bonds is 7. The first-order valence-corrected chi connectivity index (χ1v) is 5.91. The minimum atomic E-state index is -2.78. The average Bonchev–Trinajstić information content (AvgIpc) is 2.77. The topological polar surface area (TPSA) is 75.6 Å². The number of carbonyl (C=O) groups is 2. The Bertz CT molecular complexity index is 293. The maximum atomic E-state index is 12.1. The highest BCUT2D eigenvalue weighted by molar-refractivity contribution is 5.84. The van der Waals surface area contributed by atoms with E-state index in [1.165, 1.54) is 0 Å². The van der Waals surface area contributed by atoms with Crippen molar-refractivity contribution in [2.75, 3.05) is 6.61 Å². The summed E-state index contributed by atoms with van der Waals surface area (Å²) in [5.74, 6) is -2.14. The van der Waals surface area contributed by atoms with E-state index in [0.717, 1.165) is 25.7 Å². The van der Waals surface area contributed by atoms with Gasteiger partial charge in [-0.25, -0.2) is 13.6 Å². The Morgan fingerprint density at radius 2 is 1.94 bits per heavy atom. The van der Waals surface area contributed by atoms with Crippen LogP contribution in [0.2, 0.25) is 0 Å². The summed E-state index contributed by atoms with van der Waals surface area (Å²) in [5, 5.41) is 10.7. The van der Waals surface area contributed by atoms with Gasteiger partial charge in [-0.1, -0.05) is 12.8 Å². The zero-order valence-corrected chi connectivity index (χ0v) is 9.90. The Morgan fingerprint density at radius 3 is 2.44 bits per heavy atom. The smallest absolute Gasteiger partial charge is 0.326 e. The molecule has 0 aromatic carbocycles. The molecule has 1 aliphatic rings. The highest BCUT2D eigenvalue weighted by Crippen LogP contribution is 2.20. The highest BCUT2D eigenvalue weighted by Gasteiger charge is 2.24. The van der Waals surface area contributed by atoms with Gasteiger partial charge in [-0.05, 0) is 12.8 Å². The van der Waals surface area contributed by atoms with Gasteiger partial charge in [-0.3, -0.25) is 4.79 Å². The molecule has 7 heteroatoms. The van der Waals surface area contributed by atoms with Crippen molar-refractivity contribution < 1.29 is 28.2 Å². The summed E-state index contributed by atoms with van der Waals surface area (Å²) < 4.78 is 29.4. The molecular formula is C11H17F2NO4. The molecule has 0 heterocycles. The number of carboxylic acid groups (broad SMARTS) is 1. The first kappa shape index (κ1) is 14.8. The van der Waals surface area contributed by atoms with E-state index in [1.54, 1.807) is 0 Å². The van der Waals surface area contributed by atoms with E-state index in [0.29, 0.717) is 0 Å². The monoisotopic (exact) mass is 265 g/mol. The summed E-state index contributed by atoms with van der Waals surface area (Å²) in [4.78, 5) is 22.0. The molecule has 0 aromatic rings. The van der Waals surface area contributed by atoms with Crippen LogP contribution in [0.25, 0.3) is 0 Å². The first-order chi connectivity index (χ1) is 8.49. The van der Waals surface area contributed by atoms with E-state index in [4.69, 9.17) is 9.84 Å². The number of carboxylic acids is 1. The lowest BCUT2D eigenvalue weighted by Crippen LogP contribution is -2.43. The molecule has 1 unspecified atom stereocenters. The van der Waals surface area contributed by atoms with Crippen molar-refractivity contribution in [1.82, 2.24) is 5.32 Å². The van der Waals surface area contributed by atoms with Crippen LogP contribution >= 0.6 is 0 Å². The Balaban J connectivity index is 2.29. The van der Waals surface area contributed by atoms with Gasteiger partial charge >= 0.3 is 5.97 Å². The van der Waals surface area contributed by atoms with Crippen molar-refractivity contribution >= 4 is 11.9 Å². The number of carbonyl (C=O) groups excluding carboxylic acids is 1. The lowest BCUT2D eigenvalue weighted by atomic mass is 10.2. The zero-order chi connectivity index (χ0) is 13.5. The van der Waals surface area contributed by atoms with E-state index in [-0.39, 0.29) is 12.7 Å². The number of ether oxygens (including phenoxy) is 1. The predicted molar refractivity (Wildman–Crippen MR) is 58.4 cm³/mol. The van der Waals surface area contributed by atoms with Gasteiger partial charge in [0.15, 0.2) is 0 Å². The van der Waals surface area contributed by atoms with Crippen LogP contribution in [-0.4, -0.2) is 42.2 Å². The second kappa shape index (κ2) is 7.25. The molecule has 0 saturated heterocycles. The van der Waals surface area contributed by atoms with Crippen molar-refractivity contribution in [1.29, 1.82) is 0 Å². The lowest BCUT2D eigenvalue weighted by Gasteiger charge is -2.15. The van der Waals surface area contributed by atoms with E-state index in [2.05, 4.69) is 0 Å². The number of halogens is 2. The average molecular weight is 265 g/mol. The zero-order valence-electron chi connectivity index (χ0n) is 9.90. The van der Waals surface area contributed by atoms with Crippen molar-refractivity contribution in [3.8, 4) is 0 Å². The van der Waals surface area contributed by atoms with Gasteiger partial charge in [0.1, 0.15) is 12.6 Å². The number of aliphatic carboxylic acids is 1. The molecule has 1 fully saturated rings. The van der Waals surface area contributed by atoms with Crippen molar-refractivity contribution in [3.63, 3.8) is 0 Å². The fourth-order valence-electron chi connectivity index (χ4n) is 1.88. The molecule has 5 nitrogen and oxygen atoms in total. The number of hydrogen-bond acceptors (Lipinski definition) is 3. The molecule has 104 valence electrons. The van der Waals surface area contributed by atoms with Gasteiger partial charge in [0.05, 0.1) is 6.10 Å². The van der Waals surface area contributed by atoms with E-state index < -0.39 is 30.8 Å². The molecule has 0 aromatic heterocycles. The van der Waals surface area contributed by atoms with Crippen LogP contribution in [0.4, 0.5) is 8.78 Å². The number of nitrogens with one attached hydrogen (secondary N) is 1. The molecule has 0 aliphatic heterocycles. The quantitative estimate of drug-likeness (QED) is 0.724. The summed E-state index contributed by atoms with van der Waals surface area (Å²) in [5.41, 5.74) is 0. The Labute approximate surface area is 103 Å². The van der Waals surface area contributed by atoms with Gasteiger partial charge in [0, 0.05) is 6.42 Å². The Hall–Kier alpha value is -1.24. The van der Waals surface area contributed by atoms with Gasteiger partial charge in [-0.15, -0.1) is 0 Å². The highest BCUT2D eigenvalue weighted by atomic mass is 19.3. The summed E-state index contributed by atoms with van der Waals surface area (Å²) in [6, 6.07) is -1.57. The van der Waals surface area contributed by atoms with Gasteiger partial charge in [0.2, 0.25) is 12.3 Å². The van der Waals surface area contributed by atoms with E-state index in [1.807, 2.05) is 5.32 Å². The molecular weight excluding hydrogens is 248 g/mol. The second-order valence-corrected chi connectivity index (χ2v) is 4.30. The summed E-state index contributed by atoms with van der Waals surface area (Å²) >= 11 is 0. The second-order valence-electron chi connectivity index (χ2n) is 4.30. The molecule has 18 heavy (non-hydrogen) atoms. The maximum absolute atomic E-state index is 12.1. The van der Waals surface area contributed by atoms with Gasteiger partial charge < -0.3 is 15.2 Å². The van der Waals surface area contributed by atoms with E-state index >= 15 is 0 Å². The predicted octanol–water partition coefficient (Wildman–Crippen LogP) is 1.17. The number of hydrogen-bond donors (Lipinski definition) is 2. The molecule has 1 aliphatic carbocycles. The third-order valence-electron chi connectivity index (χ3n) is 2.80. The molecule has 0 bridgehead atoms. The molecule has 2 N–H and O–H groups in total. The fourth-order valence-corrected chi connectivity index (χ4v) is 1.88. The van der Waals surface area contributed by atoms with E-state index in [9.17, 15) is 18.4 Å². The Morgan fingerprint density at radius 1 is 1.33 bits per heavy atom. The minimum absolute atomic E-state index is 0.0223. The van der Waals surface area contributed by atoms with Gasteiger partial charge in [-0.2, -0.15) is 0 Å². The van der Waals surface area contributed by atoms with Crippen LogP contribution < -0.4 is 5.32 Å². The standard InChI is InChI=1S/C11H17F2NO4/c12-9(13)5-8(11(16)17)14-10(15)6-18-7-3-1-2-4-7/h7-9H,1-6H2,(H,14,15)(H,16,17). The molecule has 0 radical (unpaired) electrons. The van der Waals surface area contributed by atoms with Crippen LogP contribution in [-0.2, 0) is 14.3 Å². The largest absolute Gasteiger partial charge is 0.480 e. The third kappa shape index (κ3) is 5.39. The fraction of sp³-hybridized carbons (Fsp3) is 0.818. The summed E-state index contributed by atoms with van der Waals surface area (Å²) in [7, 11) is 0. The third-order valence-corrected chi connectivity index (χ3v) is 2.80. The molecule has 0 spiro atoms. The lowest BCUT2D eigenvalue weighted by molar-refractivity contribution is -0.144. The van der Waals surface area contributed by atoms with Crippen LogP contribution in [0.1, 0.15) is 32.1 Å². The van der Waals surface area contributed by atoms with Crippen molar-refractivity contribution in [2.24, 2.45) is 0 Å². The summed E-state index contributed by atoms with van der Waals surface area (Å²) in [6.07, 6.45) is 0.214. The van der Waals surface area contributed by atoms with Crippen LogP contribution in [0.15, 0.2) is 0 Å². The molecule has 1 amide bonds. The number of amides is 1. The van der Waals surface area contributed by atoms with Crippen molar-refractivity contribution in [2.45, 2.75) is 50.7 Å². The minimum Gasteiger partial charge on any atom is -0.480 e. The molecule has 1 rings (SSSR count). The maximum Gasteiger partial charge on any atom is 0.326 e. The summed E-state index contributed by atoms with van der Waals surface area (Å²) in [6.45, 7) is -0.280. The Kier molecular flexibility index (Phi) is 5.97. The normalized spacial score (nSPS) is 17.9. The number of alkyl halides is 2. The molecule has 1 saturated carbocycles. The van der Waals surface area contributed by atoms with Crippen LogP contribution in [0.3, 0.4) is 0 Å². The van der Waals surface area contributed by atoms with Crippen LogP contribution in [0, 0.1) is 0 Å². The van der Waals surface area contributed by atoms with Crippen molar-refractivity contribution in [3.05, 3.63) is 0 Å². The van der Waals surface area contributed by atoms with Crippen LogP contribution in [0.5, 0.6) is 0 Å². The first-order valence-electron chi connectivity index (χ1n) is 5.91.